The summed E-state index contributed by atoms with van der Waals surface area (Å²) in [6.45, 7) is 0. The Kier molecular flexibility index (Phi) is 4.72. The molecule has 0 bridgehead atoms. The van der Waals surface area contributed by atoms with Crippen LogP contribution >= 0.6 is 11.3 Å². The molecule has 0 saturated carbocycles. The number of amidine groups is 2. The Morgan fingerprint density at radius 2 is 1.34 bits per heavy atom. The molecule has 3 heterocycles. The molecule has 1 unspecified atom stereocenters. The van der Waals surface area contributed by atoms with Gasteiger partial charge in [-0.2, -0.15) is 0 Å². The van der Waals surface area contributed by atoms with E-state index in [1.165, 1.54) is 20.2 Å². The zero-order chi connectivity index (χ0) is 25.1. The highest BCUT2D eigenvalue weighted by Gasteiger charge is 2.23. The molecular formula is C33H21N3OS. The van der Waals surface area contributed by atoms with Crippen LogP contribution in [0.2, 0.25) is 0 Å². The number of aliphatic imine (C=N–C) groups is 2. The zero-order valence-corrected chi connectivity index (χ0v) is 21.1. The number of para-hydroxylation sites is 1. The Hall–Kier alpha value is -4.74. The number of thiophene rings is 1. The summed E-state index contributed by atoms with van der Waals surface area (Å²) in [5, 5.41) is 8.26. The van der Waals surface area contributed by atoms with Crippen LogP contribution in [0.25, 0.3) is 42.1 Å². The molecule has 0 aliphatic carbocycles. The van der Waals surface area contributed by atoms with Crippen molar-refractivity contribution in [1.82, 2.24) is 5.32 Å². The van der Waals surface area contributed by atoms with Crippen molar-refractivity contribution in [2.75, 3.05) is 0 Å². The van der Waals surface area contributed by atoms with Crippen LogP contribution in [0.5, 0.6) is 0 Å². The van der Waals surface area contributed by atoms with E-state index in [1.807, 2.05) is 47.7 Å². The van der Waals surface area contributed by atoms with Crippen molar-refractivity contribution < 1.29 is 4.42 Å². The van der Waals surface area contributed by atoms with Gasteiger partial charge in [0.1, 0.15) is 22.8 Å². The van der Waals surface area contributed by atoms with Crippen molar-refractivity contribution in [2.24, 2.45) is 9.98 Å². The summed E-state index contributed by atoms with van der Waals surface area (Å²) < 4.78 is 8.71. The second kappa shape index (κ2) is 8.40. The minimum atomic E-state index is -0.403. The van der Waals surface area contributed by atoms with Gasteiger partial charge in [-0.25, -0.2) is 9.98 Å². The molecule has 4 nitrogen and oxygen atoms in total. The van der Waals surface area contributed by atoms with Gasteiger partial charge in [-0.05, 0) is 24.3 Å². The molecule has 0 radical (unpaired) electrons. The zero-order valence-electron chi connectivity index (χ0n) is 20.3. The van der Waals surface area contributed by atoms with Gasteiger partial charge in [0.15, 0.2) is 6.17 Å². The second-order valence-corrected chi connectivity index (χ2v) is 10.5. The van der Waals surface area contributed by atoms with Crippen molar-refractivity contribution in [2.45, 2.75) is 6.17 Å². The van der Waals surface area contributed by atoms with Crippen molar-refractivity contribution >= 4 is 65.1 Å². The van der Waals surface area contributed by atoms with Crippen molar-refractivity contribution in [3.8, 4) is 0 Å². The summed E-state index contributed by atoms with van der Waals surface area (Å²) in [6, 6.07) is 39.7. The minimum Gasteiger partial charge on any atom is -0.456 e. The van der Waals surface area contributed by atoms with E-state index in [1.54, 1.807) is 0 Å². The molecule has 0 saturated heterocycles. The molecule has 38 heavy (non-hydrogen) atoms. The molecule has 180 valence electrons. The Morgan fingerprint density at radius 3 is 2.26 bits per heavy atom. The van der Waals surface area contributed by atoms with Crippen LogP contribution < -0.4 is 5.32 Å². The van der Waals surface area contributed by atoms with E-state index in [9.17, 15) is 0 Å². The van der Waals surface area contributed by atoms with E-state index in [0.717, 1.165) is 50.3 Å². The van der Waals surface area contributed by atoms with E-state index >= 15 is 0 Å². The smallest absolute Gasteiger partial charge is 0.169 e. The van der Waals surface area contributed by atoms with E-state index in [0.29, 0.717) is 0 Å². The first-order chi connectivity index (χ1) is 18.8. The van der Waals surface area contributed by atoms with E-state index < -0.39 is 6.17 Å². The minimum absolute atomic E-state index is 0.403. The highest BCUT2D eigenvalue weighted by Crippen LogP contribution is 2.37. The standard InChI is InChI=1S/C33H21N3OS/c1-2-9-20(10-3-1)31-34-32(21-17-18-23-22-11-4-6-14-26(22)37-27(23)19-21)36-33(35-31)25-13-8-16-29-30(25)24-12-5-7-15-28(24)38-29/h1-19,32H,(H,34,35,36). The number of rotatable bonds is 3. The van der Waals surface area contributed by atoms with Gasteiger partial charge in [-0.1, -0.05) is 91.0 Å². The highest BCUT2D eigenvalue weighted by molar-refractivity contribution is 7.25. The van der Waals surface area contributed by atoms with Crippen LogP contribution in [0.4, 0.5) is 0 Å². The Labute approximate surface area is 222 Å². The summed E-state index contributed by atoms with van der Waals surface area (Å²) >= 11 is 1.81. The number of furan rings is 1. The fourth-order valence-corrected chi connectivity index (χ4v) is 6.49. The van der Waals surface area contributed by atoms with Crippen LogP contribution in [0, 0.1) is 0 Å². The maximum atomic E-state index is 6.19. The molecular weight excluding hydrogens is 486 g/mol. The molecule has 1 atom stereocenters. The van der Waals surface area contributed by atoms with Crippen LogP contribution in [-0.4, -0.2) is 11.7 Å². The summed E-state index contributed by atoms with van der Waals surface area (Å²) in [7, 11) is 0. The summed E-state index contributed by atoms with van der Waals surface area (Å²) in [5.74, 6) is 1.63. The first-order valence-corrected chi connectivity index (χ1v) is 13.4. The van der Waals surface area contributed by atoms with Gasteiger partial charge in [0.25, 0.3) is 0 Å². The molecule has 7 aromatic rings. The lowest BCUT2D eigenvalue weighted by molar-refractivity contribution is 0.665. The Morgan fingerprint density at radius 1 is 0.605 bits per heavy atom. The number of fused-ring (bicyclic) bond motifs is 6. The van der Waals surface area contributed by atoms with Crippen LogP contribution in [0.1, 0.15) is 22.9 Å². The molecule has 1 N–H and O–H groups in total. The average molecular weight is 508 g/mol. The van der Waals surface area contributed by atoms with Gasteiger partial charge in [-0.15, -0.1) is 11.3 Å². The SMILES string of the molecule is c1ccc(C2=NC(c3ccc4c(c3)oc3ccccc34)N=C(c3cccc4sc5ccccc5c34)N2)cc1. The molecule has 0 spiro atoms. The molecule has 1 aliphatic rings. The van der Waals surface area contributed by atoms with Crippen molar-refractivity contribution in [1.29, 1.82) is 0 Å². The Bertz CT molecular complexity index is 2070. The number of nitrogens with zero attached hydrogens (tertiary/aromatic N) is 2. The van der Waals surface area contributed by atoms with Crippen LogP contribution in [-0.2, 0) is 0 Å². The summed E-state index contributed by atoms with van der Waals surface area (Å²) in [4.78, 5) is 10.2. The van der Waals surface area contributed by atoms with E-state index in [2.05, 4.69) is 84.2 Å². The number of hydrogen-bond donors (Lipinski definition) is 1. The first-order valence-electron chi connectivity index (χ1n) is 12.6. The van der Waals surface area contributed by atoms with E-state index in [-0.39, 0.29) is 0 Å². The quantitative estimate of drug-likeness (QED) is 0.261. The lowest BCUT2D eigenvalue weighted by Gasteiger charge is -2.23. The highest BCUT2D eigenvalue weighted by atomic mass is 32.1. The predicted octanol–water partition coefficient (Wildman–Crippen LogP) is 8.45. The third-order valence-electron chi connectivity index (χ3n) is 7.15. The van der Waals surface area contributed by atoms with Gasteiger partial charge in [0.05, 0.1) is 0 Å². The predicted molar refractivity (Wildman–Crippen MR) is 158 cm³/mol. The first kappa shape index (κ1) is 21.4. The van der Waals surface area contributed by atoms with Gasteiger partial charge < -0.3 is 9.73 Å². The molecule has 0 fully saturated rings. The molecule has 1 aliphatic heterocycles. The third-order valence-corrected chi connectivity index (χ3v) is 8.28. The fourth-order valence-electron chi connectivity index (χ4n) is 5.35. The van der Waals surface area contributed by atoms with E-state index in [4.69, 9.17) is 14.4 Å². The molecule has 5 heteroatoms. The van der Waals surface area contributed by atoms with Crippen LogP contribution in [0.3, 0.4) is 0 Å². The van der Waals surface area contributed by atoms with Crippen LogP contribution in [0.15, 0.2) is 130 Å². The monoisotopic (exact) mass is 507 g/mol. The largest absolute Gasteiger partial charge is 0.456 e. The maximum absolute atomic E-state index is 6.19. The normalized spacial score (nSPS) is 15.6. The molecule has 5 aromatic carbocycles. The van der Waals surface area contributed by atoms with Crippen molar-refractivity contribution in [3.05, 3.63) is 132 Å². The fraction of sp³-hybridized carbons (Fsp3) is 0.0303. The Balaban J connectivity index is 1.32. The third kappa shape index (κ3) is 3.36. The average Bonchev–Trinajstić information content (AvgIpc) is 3.55. The maximum Gasteiger partial charge on any atom is 0.169 e. The summed E-state index contributed by atoms with van der Waals surface area (Å²) in [5.41, 5.74) is 4.83. The van der Waals surface area contributed by atoms with Gasteiger partial charge in [-0.3, -0.25) is 0 Å². The second-order valence-electron chi connectivity index (χ2n) is 9.45. The van der Waals surface area contributed by atoms with Gasteiger partial charge in [0, 0.05) is 47.6 Å². The molecule has 0 amide bonds. The topological polar surface area (TPSA) is 49.9 Å². The van der Waals surface area contributed by atoms with Crippen molar-refractivity contribution in [3.63, 3.8) is 0 Å². The number of benzene rings is 5. The molecule has 8 rings (SSSR count). The summed E-state index contributed by atoms with van der Waals surface area (Å²) in [6.07, 6.45) is -0.403. The number of hydrogen-bond acceptors (Lipinski definition) is 5. The van der Waals surface area contributed by atoms with Gasteiger partial charge in [0.2, 0.25) is 0 Å². The number of nitrogens with one attached hydrogen (secondary N) is 1. The lowest BCUT2D eigenvalue weighted by atomic mass is 10.0. The lowest BCUT2D eigenvalue weighted by Crippen LogP contribution is -2.36. The molecule has 2 aromatic heterocycles. The van der Waals surface area contributed by atoms with Gasteiger partial charge >= 0.3 is 0 Å².